The van der Waals surface area contributed by atoms with Crippen molar-refractivity contribution in [2.45, 2.75) is 32.1 Å². The van der Waals surface area contributed by atoms with E-state index in [9.17, 15) is 4.79 Å². The van der Waals surface area contributed by atoms with Crippen molar-refractivity contribution < 1.29 is 0 Å². The molecule has 0 radical (unpaired) electrons. The Labute approximate surface area is 155 Å². The number of hydrogen-bond acceptors (Lipinski definition) is 4. The number of aromatic nitrogens is 2. The standard InChI is InChI=1S/C19H20ClN3OS/c1-23-18(24)16-13-7-3-5-9-15(13)25-17(16)22-19(23)21-11-10-12-6-2-4-8-14(12)20/h2,4,6,8H,3,5,7,9-11H2,1H3,(H,21,22). The third kappa shape index (κ3) is 3.07. The normalized spacial score (nSPS) is 13.8. The smallest absolute Gasteiger partial charge is 0.263 e. The first-order valence-electron chi connectivity index (χ1n) is 8.63. The molecule has 1 N–H and O–H groups in total. The van der Waals surface area contributed by atoms with E-state index >= 15 is 0 Å². The summed E-state index contributed by atoms with van der Waals surface area (Å²) in [5, 5.41) is 4.91. The molecule has 0 saturated carbocycles. The van der Waals surface area contributed by atoms with Crippen LogP contribution in [0.4, 0.5) is 5.95 Å². The molecular formula is C19H20ClN3OS. The fraction of sp³-hybridized carbons (Fsp3) is 0.368. The second-order valence-electron chi connectivity index (χ2n) is 6.46. The highest BCUT2D eigenvalue weighted by Gasteiger charge is 2.21. The van der Waals surface area contributed by atoms with Gasteiger partial charge >= 0.3 is 0 Å². The van der Waals surface area contributed by atoms with Crippen LogP contribution in [0.2, 0.25) is 5.02 Å². The summed E-state index contributed by atoms with van der Waals surface area (Å²) in [4.78, 5) is 19.8. The molecule has 4 nitrogen and oxygen atoms in total. The minimum absolute atomic E-state index is 0.0599. The van der Waals surface area contributed by atoms with Crippen molar-refractivity contribution in [3.8, 4) is 0 Å². The van der Waals surface area contributed by atoms with Crippen molar-refractivity contribution in [3.63, 3.8) is 0 Å². The highest BCUT2D eigenvalue weighted by atomic mass is 35.5. The molecule has 130 valence electrons. The van der Waals surface area contributed by atoms with Gasteiger partial charge in [-0.25, -0.2) is 4.98 Å². The van der Waals surface area contributed by atoms with Gasteiger partial charge < -0.3 is 5.32 Å². The van der Waals surface area contributed by atoms with Crippen LogP contribution in [0.25, 0.3) is 10.2 Å². The minimum atomic E-state index is 0.0599. The number of fused-ring (bicyclic) bond motifs is 3. The van der Waals surface area contributed by atoms with E-state index in [1.807, 2.05) is 24.3 Å². The van der Waals surface area contributed by atoms with Crippen LogP contribution in [-0.2, 0) is 26.3 Å². The predicted octanol–water partition coefficient (Wildman–Crippen LogP) is 4.18. The number of halogens is 1. The SMILES string of the molecule is Cn1c(NCCc2ccccc2Cl)nc2sc3c(c2c1=O)CCCC3. The van der Waals surface area contributed by atoms with Gasteiger partial charge in [0.25, 0.3) is 5.56 Å². The predicted molar refractivity (Wildman–Crippen MR) is 105 cm³/mol. The molecule has 0 saturated heterocycles. The zero-order valence-electron chi connectivity index (χ0n) is 14.1. The van der Waals surface area contributed by atoms with Crippen LogP contribution in [0.15, 0.2) is 29.1 Å². The fourth-order valence-corrected chi connectivity index (χ4v) is 4.94. The Balaban J connectivity index is 1.61. The first-order valence-corrected chi connectivity index (χ1v) is 9.83. The Morgan fingerprint density at radius 3 is 2.92 bits per heavy atom. The summed E-state index contributed by atoms with van der Waals surface area (Å²) in [6.07, 6.45) is 5.25. The molecular weight excluding hydrogens is 354 g/mol. The summed E-state index contributed by atoms with van der Waals surface area (Å²) in [5.74, 6) is 0.628. The lowest BCUT2D eigenvalue weighted by Crippen LogP contribution is -2.23. The van der Waals surface area contributed by atoms with Crippen molar-refractivity contribution in [3.05, 3.63) is 55.6 Å². The van der Waals surface area contributed by atoms with Crippen molar-refractivity contribution >= 4 is 39.1 Å². The number of nitrogens with one attached hydrogen (secondary N) is 1. The molecule has 3 aromatic rings. The maximum absolute atomic E-state index is 12.8. The molecule has 0 fully saturated rings. The third-order valence-electron chi connectivity index (χ3n) is 4.83. The topological polar surface area (TPSA) is 46.9 Å². The largest absolute Gasteiger partial charge is 0.355 e. The molecule has 0 atom stereocenters. The molecule has 0 unspecified atom stereocenters. The zero-order valence-corrected chi connectivity index (χ0v) is 15.7. The number of rotatable bonds is 4. The Kier molecular flexibility index (Phi) is 4.52. The Morgan fingerprint density at radius 1 is 1.28 bits per heavy atom. The lowest BCUT2D eigenvalue weighted by molar-refractivity contribution is 0.699. The summed E-state index contributed by atoms with van der Waals surface area (Å²) in [7, 11) is 1.79. The molecule has 1 aliphatic carbocycles. The van der Waals surface area contributed by atoms with Crippen LogP contribution < -0.4 is 10.9 Å². The Bertz CT molecular complexity index is 992. The molecule has 6 heteroatoms. The molecule has 0 amide bonds. The Hall–Kier alpha value is -1.85. The second kappa shape index (κ2) is 6.81. The third-order valence-corrected chi connectivity index (χ3v) is 6.39. The number of thiophene rings is 1. The second-order valence-corrected chi connectivity index (χ2v) is 7.95. The van der Waals surface area contributed by atoms with Gasteiger partial charge in [0.2, 0.25) is 5.95 Å². The van der Waals surface area contributed by atoms with E-state index in [1.165, 1.54) is 23.3 Å². The van der Waals surface area contributed by atoms with Crippen LogP contribution in [-0.4, -0.2) is 16.1 Å². The number of hydrogen-bond donors (Lipinski definition) is 1. The van der Waals surface area contributed by atoms with Crippen molar-refractivity contribution in [1.82, 2.24) is 9.55 Å². The summed E-state index contributed by atoms with van der Waals surface area (Å²) in [5.41, 5.74) is 2.39. The minimum Gasteiger partial charge on any atom is -0.355 e. The van der Waals surface area contributed by atoms with Gasteiger partial charge in [0.15, 0.2) is 0 Å². The first kappa shape index (κ1) is 16.6. The van der Waals surface area contributed by atoms with E-state index in [0.29, 0.717) is 12.5 Å². The van der Waals surface area contributed by atoms with Crippen LogP contribution in [0.1, 0.15) is 28.8 Å². The lowest BCUT2D eigenvalue weighted by atomic mass is 9.97. The number of anilines is 1. The fourth-order valence-electron chi connectivity index (χ4n) is 3.45. The Morgan fingerprint density at radius 2 is 2.08 bits per heavy atom. The summed E-state index contributed by atoms with van der Waals surface area (Å²) in [6.45, 7) is 0.681. The van der Waals surface area contributed by atoms with Crippen molar-refractivity contribution in [2.75, 3.05) is 11.9 Å². The maximum atomic E-state index is 12.8. The molecule has 2 aromatic heterocycles. The van der Waals surface area contributed by atoms with E-state index in [-0.39, 0.29) is 5.56 Å². The molecule has 2 heterocycles. The highest BCUT2D eigenvalue weighted by Crippen LogP contribution is 2.34. The van der Waals surface area contributed by atoms with Crippen molar-refractivity contribution in [2.24, 2.45) is 7.05 Å². The van der Waals surface area contributed by atoms with Gasteiger partial charge in [-0.05, 0) is 49.3 Å². The quantitative estimate of drug-likeness (QED) is 0.746. The average molecular weight is 374 g/mol. The molecule has 0 bridgehead atoms. The van der Waals surface area contributed by atoms with Gasteiger partial charge in [-0.2, -0.15) is 0 Å². The van der Waals surface area contributed by atoms with E-state index in [2.05, 4.69) is 5.32 Å². The van der Waals surface area contributed by atoms with Gasteiger partial charge in [-0.15, -0.1) is 11.3 Å². The van der Waals surface area contributed by atoms with Gasteiger partial charge in [-0.3, -0.25) is 9.36 Å². The lowest BCUT2D eigenvalue weighted by Gasteiger charge is -2.12. The molecule has 1 aliphatic rings. The van der Waals surface area contributed by atoms with Crippen LogP contribution >= 0.6 is 22.9 Å². The molecule has 0 spiro atoms. The van der Waals surface area contributed by atoms with Gasteiger partial charge in [0, 0.05) is 23.5 Å². The maximum Gasteiger partial charge on any atom is 0.263 e. The van der Waals surface area contributed by atoms with Crippen LogP contribution in [0, 0.1) is 0 Å². The van der Waals surface area contributed by atoms with Gasteiger partial charge in [0.1, 0.15) is 4.83 Å². The monoisotopic (exact) mass is 373 g/mol. The zero-order chi connectivity index (χ0) is 17.4. The van der Waals surface area contributed by atoms with E-state index in [4.69, 9.17) is 16.6 Å². The molecule has 0 aliphatic heterocycles. The first-order chi connectivity index (χ1) is 12.1. The van der Waals surface area contributed by atoms with E-state index < -0.39 is 0 Å². The van der Waals surface area contributed by atoms with Crippen LogP contribution in [0.5, 0.6) is 0 Å². The number of benzene rings is 1. The van der Waals surface area contributed by atoms with Crippen molar-refractivity contribution in [1.29, 1.82) is 0 Å². The van der Waals surface area contributed by atoms with Gasteiger partial charge in [-0.1, -0.05) is 29.8 Å². The summed E-state index contributed by atoms with van der Waals surface area (Å²) < 4.78 is 1.64. The average Bonchev–Trinajstić information content (AvgIpc) is 2.99. The summed E-state index contributed by atoms with van der Waals surface area (Å²) in [6, 6.07) is 7.83. The summed E-state index contributed by atoms with van der Waals surface area (Å²) >= 11 is 7.89. The van der Waals surface area contributed by atoms with Crippen LogP contribution in [0.3, 0.4) is 0 Å². The molecule has 1 aromatic carbocycles. The van der Waals surface area contributed by atoms with Gasteiger partial charge in [0.05, 0.1) is 5.39 Å². The highest BCUT2D eigenvalue weighted by molar-refractivity contribution is 7.18. The van der Waals surface area contributed by atoms with E-state index in [1.54, 1.807) is 23.0 Å². The van der Waals surface area contributed by atoms with E-state index in [0.717, 1.165) is 40.1 Å². The number of aryl methyl sites for hydroxylation is 2. The molecule has 4 rings (SSSR count). The number of nitrogens with zero attached hydrogens (tertiary/aromatic N) is 2. The molecule has 25 heavy (non-hydrogen) atoms.